The molecule has 4 aromatic heterocycles. The molecular weight excluding hydrogens is 1550 g/mol. The van der Waals surface area contributed by atoms with Crippen LogP contribution in [-0.4, -0.2) is 109 Å². The van der Waals surface area contributed by atoms with Crippen molar-refractivity contribution in [2.45, 2.75) is 134 Å². The number of hydrogen-bond donors (Lipinski definition) is 5. The zero-order chi connectivity index (χ0) is 87.3. The molecule has 119 heavy (non-hydrogen) atoms. The molecule has 0 atom stereocenters. The normalized spacial score (nSPS) is 16.9. The molecule has 0 bridgehead atoms. The molecular formula is C90H101F9N10O10. The molecule has 0 saturated heterocycles. The average Bonchev–Trinajstić information content (AvgIpc) is 0.824. The van der Waals surface area contributed by atoms with Gasteiger partial charge in [-0.1, -0.05) is 131 Å². The highest BCUT2D eigenvalue weighted by Crippen LogP contribution is 2.45. The summed E-state index contributed by atoms with van der Waals surface area (Å²) in [5.41, 5.74) is 7.28. The van der Waals surface area contributed by atoms with Gasteiger partial charge in [0.2, 0.25) is 64.9 Å². The fraction of sp³-hybridized carbons (Fsp3) is 0.356. The van der Waals surface area contributed by atoms with Crippen LogP contribution in [0, 0.1) is 46.8 Å². The molecule has 20 nitrogen and oxygen atoms in total. The number of nitrogens with one attached hydrogen (secondary N) is 5. The molecule has 0 unspecified atom stereocenters. The topological polar surface area (TPSA) is 267 Å². The van der Waals surface area contributed by atoms with Gasteiger partial charge in [-0.3, -0.25) is 24.0 Å². The Balaban J connectivity index is 0.000000232. The summed E-state index contributed by atoms with van der Waals surface area (Å²) in [7, 11) is 7.58. The molecule has 4 saturated carbocycles. The van der Waals surface area contributed by atoms with Gasteiger partial charge in [0, 0.05) is 89.8 Å². The van der Waals surface area contributed by atoms with Crippen LogP contribution in [-0.2, 0) is 24.0 Å². The number of benzene rings is 2. The Kier molecular flexibility index (Phi) is 37.8. The van der Waals surface area contributed by atoms with Crippen LogP contribution in [0.25, 0.3) is 36.0 Å². The van der Waals surface area contributed by atoms with Gasteiger partial charge in [0.25, 0.3) is 5.91 Å². The minimum Gasteiger partial charge on any atom is -0.496 e. The summed E-state index contributed by atoms with van der Waals surface area (Å²) in [6, 6.07) is 23.0. The maximum atomic E-state index is 13.3. The predicted molar refractivity (Wildman–Crippen MR) is 448 cm³/mol. The van der Waals surface area contributed by atoms with E-state index in [0.717, 1.165) is 41.3 Å². The van der Waals surface area contributed by atoms with E-state index in [2.05, 4.69) is 92.8 Å². The first-order valence-electron chi connectivity index (χ1n) is 38.3. The molecule has 4 heterocycles. The standard InChI is InChI=1S/C23H24F2N2O2.C19H22F3NO2.C18H19F2N3O2.C15H16F2N2O2.C15H20N2O2/c1-16(18-6-4-3-5-7-18)21(28)27-20-14-19(22(29-2)26-15-20)9-8-17-10-12-23(24,25)13-11-17;1-3-18(24)23-16-10-11-17(25-2)14(12-16)7-4-13-5-8-15(9-6-13)19(20,21)22;1-25-17-14(5-4-13-6-8-18(19,20)9-7-13)11-15(12-22-17)23-16(24)3-2-10-21;1-3-13(20)19-12-6-11(14(21-2)18-9-12)5-4-10-7-15(16,17)8-10;1-5-14(18)17-13-9-12(8-6-7-11(2)3)15(19-4)16-10-13/h3-9,14-15,17H,1,10-13H2,2H3,(H,27,28);3-4,7,10-13,15H,1,5-6,8-9H2,2H3,(H,23,24);2-5,11-13H,6-9H2,1H3,(H,23,24);3-6,9-10H,1,7-8H2,2H3,(H,19,20);5-6,8-11H,1,7H2,2-4H3,(H,17,18)/b9-8+;7-4+;3-2+,5-4+;5-4+;8-6+. The minimum atomic E-state index is -4.09. The Morgan fingerprint density at radius 1 is 0.487 bits per heavy atom. The first-order chi connectivity index (χ1) is 56.6. The molecule has 5 amide bonds. The van der Waals surface area contributed by atoms with Crippen molar-refractivity contribution in [2.24, 2.45) is 35.5 Å². The lowest BCUT2D eigenvalue weighted by molar-refractivity contribution is -0.183. The third kappa shape index (κ3) is 33.3. The Bertz CT molecular complexity index is 4650. The van der Waals surface area contributed by atoms with Gasteiger partial charge in [-0.25, -0.2) is 46.3 Å². The summed E-state index contributed by atoms with van der Waals surface area (Å²) in [5.74, 6) is -7.44. The van der Waals surface area contributed by atoms with Crippen molar-refractivity contribution in [2.75, 3.05) is 62.1 Å². The molecule has 0 aliphatic heterocycles. The number of nitriles is 1. The molecule has 4 aliphatic carbocycles. The first-order valence-corrected chi connectivity index (χ1v) is 38.3. The fourth-order valence-corrected chi connectivity index (χ4v) is 12.5. The third-order valence-electron chi connectivity index (χ3n) is 19.1. The van der Waals surface area contributed by atoms with E-state index in [1.54, 1.807) is 81.1 Å². The van der Waals surface area contributed by atoms with E-state index < -0.39 is 35.8 Å². The zero-order valence-electron chi connectivity index (χ0n) is 67.5. The van der Waals surface area contributed by atoms with E-state index in [4.69, 9.17) is 28.9 Å². The van der Waals surface area contributed by atoms with Crippen LogP contribution in [0.15, 0.2) is 185 Å². The van der Waals surface area contributed by atoms with E-state index >= 15 is 0 Å². The minimum absolute atomic E-state index is 0.0844. The van der Waals surface area contributed by atoms with Crippen LogP contribution in [0.5, 0.6) is 29.3 Å². The molecule has 4 aliphatic rings. The summed E-state index contributed by atoms with van der Waals surface area (Å²) >= 11 is 0. The summed E-state index contributed by atoms with van der Waals surface area (Å²) < 4.78 is 143. The SMILES string of the molecule is C=C(C(=O)Nc1cnc(OC)c(/C=C/C2CCC(F)(F)CC2)c1)c1ccccc1.C=CC(=O)Nc1ccc(OC)c(/C=C/C2CCC(C(F)(F)F)CC2)c1.C=CC(=O)Nc1cnc(OC)c(/C=C/C2CC(F)(F)C2)c1.C=CC(=O)Nc1cnc(OC)c(/C=C/CC(C)C)c1.COc1ncc(NC(=O)/C=C/C#N)cc1/C=C/C1CCC(F)(F)CC1. The van der Waals surface area contributed by atoms with Gasteiger partial charge < -0.3 is 50.3 Å². The fourth-order valence-electron chi connectivity index (χ4n) is 12.5. The number of halogens is 9. The molecule has 6 aromatic rings. The van der Waals surface area contributed by atoms with Gasteiger partial charge in [0.05, 0.1) is 95.1 Å². The van der Waals surface area contributed by atoms with Crippen molar-refractivity contribution in [1.29, 1.82) is 5.26 Å². The van der Waals surface area contributed by atoms with Crippen molar-refractivity contribution in [3.63, 3.8) is 0 Å². The van der Waals surface area contributed by atoms with Crippen molar-refractivity contribution < 1.29 is 87.2 Å². The number of alkyl halides is 9. The number of anilines is 5. The summed E-state index contributed by atoms with van der Waals surface area (Å²) in [5, 5.41) is 21.7. The Labute approximate surface area is 688 Å². The molecule has 0 radical (unpaired) electrons. The average molecular weight is 1650 g/mol. The number of methoxy groups -OCH3 is 5. The van der Waals surface area contributed by atoms with Crippen molar-refractivity contribution in [1.82, 2.24) is 19.9 Å². The number of ether oxygens (including phenoxy) is 5. The summed E-state index contributed by atoms with van der Waals surface area (Å²) in [6.07, 6.45) is 29.7. The van der Waals surface area contributed by atoms with Gasteiger partial charge in [0.1, 0.15) is 5.75 Å². The van der Waals surface area contributed by atoms with Gasteiger partial charge in [0.15, 0.2) is 0 Å². The molecule has 0 spiro atoms. The van der Waals surface area contributed by atoms with Crippen LogP contribution in [0.4, 0.5) is 68.0 Å². The van der Waals surface area contributed by atoms with E-state index in [9.17, 15) is 63.5 Å². The van der Waals surface area contributed by atoms with E-state index in [-0.39, 0.29) is 98.7 Å². The van der Waals surface area contributed by atoms with Crippen molar-refractivity contribution in [3.05, 3.63) is 218 Å². The van der Waals surface area contributed by atoms with Gasteiger partial charge in [-0.05, 0) is 154 Å². The lowest BCUT2D eigenvalue weighted by atomic mass is 9.81. The van der Waals surface area contributed by atoms with Gasteiger partial charge in [-0.15, -0.1) is 0 Å². The van der Waals surface area contributed by atoms with E-state index in [0.29, 0.717) is 124 Å². The number of aromatic nitrogens is 4. The number of pyridine rings is 4. The first kappa shape index (κ1) is 95.5. The second kappa shape index (κ2) is 47.2. The maximum Gasteiger partial charge on any atom is 0.391 e. The Morgan fingerprint density at radius 3 is 1.24 bits per heavy atom. The Morgan fingerprint density at radius 2 is 0.857 bits per heavy atom. The molecule has 10 rings (SSSR count). The number of rotatable bonds is 27. The number of nitrogens with zero attached hydrogens (tertiary/aromatic N) is 5. The van der Waals surface area contributed by atoms with Gasteiger partial charge in [-0.2, -0.15) is 18.4 Å². The largest absolute Gasteiger partial charge is 0.496 e. The Hall–Kier alpha value is -12.4. The molecule has 5 N–H and O–H groups in total. The zero-order valence-corrected chi connectivity index (χ0v) is 67.5. The van der Waals surface area contributed by atoms with Crippen molar-refractivity contribution >= 4 is 93.9 Å². The number of amides is 5. The molecule has 634 valence electrons. The maximum absolute atomic E-state index is 13.3. The number of carbonyl (C=O) groups is 5. The number of allylic oxidation sites excluding steroid dienone is 6. The van der Waals surface area contributed by atoms with Crippen molar-refractivity contribution in [3.8, 4) is 35.3 Å². The van der Waals surface area contributed by atoms with E-state index in [1.807, 2.05) is 72.9 Å². The molecule has 2 aromatic carbocycles. The highest BCUT2D eigenvalue weighted by Gasteiger charge is 2.44. The van der Waals surface area contributed by atoms with Gasteiger partial charge >= 0.3 is 6.18 Å². The lowest BCUT2D eigenvalue weighted by Crippen LogP contribution is -2.33. The van der Waals surface area contributed by atoms with Crippen LogP contribution in [0.3, 0.4) is 0 Å². The summed E-state index contributed by atoms with van der Waals surface area (Å²) in [6.45, 7) is 18.3. The van der Waals surface area contributed by atoms with E-state index in [1.165, 1.54) is 52.1 Å². The highest BCUT2D eigenvalue weighted by atomic mass is 19.4. The van der Waals surface area contributed by atoms with Crippen LogP contribution in [0.1, 0.15) is 144 Å². The third-order valence-corrected chi connectivity index (χ3v) is 19.1. The molecule has 4 fully saturated rings. The molecule has 29 heteroatoms. The second-order valence-electron chi connectivity index (χ2n) is 28.6. The highest BCUT2D eigenvalue weighted by molar-refractivity contribution is 6.24. The second-order valence-corrected chi connectivity index (χ2v) is 28.6. The van der Waals surface area contributed by atoms with Crippen LogP contribution < -0.4 is 50.3 Å². The quantitative estimate of drug-likeness (QED) is 0.0182. The number of hydrogen-bond acceptors (Lipinski definition) is 15. The van der Waals surface area contributed by atoms with Crippen LogP contribution in [0.2, 0.25) is 0 Å². The summed E-state index contributed by atoms with van der Waals surface area (Å²) in [4.78, 5) is 74.6. The lowest BCUT2D eigenvalue weighted by Gasteiger charge is -2.32. The number of carbonyl (C=O) groups excluding carboxylic acids is 5. The van der Waals surface area contributed by atoms with Crippen LogP contribution >= 0.6 is 0 Å². The monoisotopic (exact) mass is 1650 g/mol. The smallest absolute Gasteiger partial charge is 0.391 e. The predicted octanol–water partition coefficient (Wildman–Crippen LogP) is 21.3.